The van der Waals surface area contributed by atoms with Gasteiger partial charge in [0.15, 0.2) is 4.34 Å². The van der Waals surface area contributed by atoms with E-state index in [1.165, 1.54) is 33.7 Å². The van der Waals surface area contributed by atoms with Crippen molar-refractivity contribution in [2.45, 2.75) is 22.9 Å². The minimum Gasteiger partial charge on any atom is -0.300 e. The van der Waals surface area contributed by atoms with Gasteiger partial charge in [0.1, 0.15) is 0 Å². The summed E-state index contributed by atoms with van der Waals surface area (Å²) in [6, 6.07) is 7.62. The van der Waals surface area contributed by atoms with E-state index in [0.717, 1.165) is 9.90 Å². The lowest BCUT2D eigenvalue weighted by Gasteiger charge is -2.29. The van der Waals surface area contributed by atoms with E-state index in [2.05, 4.69) is 15.5 Å². The fourth-order valence-corrected chi connectivity index (χ4v) is 5.65. The van der Waals surface area contributed by atoms with Crippen LogP contribution in [0.2, 0.25) is 5.02 Å². The van der Waals surface area contributed by atoms with Crippen LogP contribution >= 0.6 is 34.7 Å². The van der Waals surface area contributed by atoms with Gasteiger partial charge in [0.2, 0.25) is 21.1 Å². The van der Waals surface area contributed by atoms with Crippen molar-refractivity contribution in [2.24, 2.45) is 5.92 Å². The number of hydrogen-bond acceptors (Lipinski definition) is 7. The zero-order valence-electron chi connectivity index (χ0n) is 14.6. The van der Waals surface area contributed by atoms with E-state index in [1.54, 1.807) is 0 Å². The molecule has 1 N–H and O–H groups in total. The number of carbonyl (C=O) groups is 1. The number of nitrogens with zero attached hydrogens (tertiary/aromatic N) is 3. The summed E-state index contributed by atoms with van der Waals surface area (Å²) < 4.78 is 25.2. The minimum absolute atomic E-state index is 0.137. The molecule has 0 radical (unpaired) electrons. The third kappa shape index (κ3) is 5.64. The predicted molar refractivity (Wildman–Crippen MR) is 109 cm³/mol. The van der Waals surface area contributed by atoms with Crippen molar-refractivity contribution < 1.29 is 13.2 Å². The molecular weight excluding hydrogens is 428 g/mol. The summed E-state index contributed by atoms with van der Waals surface area (Å²) in [5.41, 5.74) is 1.02. The van der Waals surface area contributed by atoms with E-state index in [4.69, 9.17) is 11.6 Å². The Labute approximate surface area is 171 Å². The van der Waals surface area contributed by atoms with Gasteiger partial charge in [0.25, 0.3) is 0 Å². The van der Waals surface area contributed by atoms with Crippen LogP contribution in [0.4, 0.5) is 5.13 Å². The van der Waals surface area contributed by atoms with Crippen molar-refractivity contribution in [2.75, 3.05) is 24.7 Å². The van der Waals surface area contributed by atoms with Gasteiger partial charge in [-0.3, -0.25) is 4.79 Å². The van der Waals surface area contributed by atoms with E-state index < -0.39 is 10.0 Å². The normalized spacial score (nSPS) is 16.4. The fraction of sp³-hybridized carbons (Fsp3) is 0.438. The molecule has 0 bridgehead atoms. The van der Waals surface area contributed by atoms with Gasteiger partial charge in [-0.15, -0.1) is 10.2 Å². The third-order valence-electron chi connectivity index (χ3n) is 4.24. The summed E-state index contributed by atoms with van der Waals surface area (Å²) in [6.07, 6.45) is 2.20. The van der Waals surface area contributed by atoms with E-state index >= 15 is 0 Å². The number of benzene rings is 1. The van der Waals surface area contributed by atoms with Gasteiger partial charge < -0.3 is 5.32 Å². The number of thioether (sulfide) groups is 1. The summed E-state index contributed by atoms with van der Waals surface area (Å²) in [5, 5.41) is 12.1. The Bertz CT molecular complexity index is 911. The minimum atomic E-state index is -3.19. The lowest BCUT2D eigenvalue weighted by molar-refractivity contribution is -0.120. The third-order valence-corrected chi connectivity index (χ3v) is 7.93. The number of piperidine rings is 1. The Morgan fingerprint density at radius 3 is 2.70 bits per heavy atom. The Balaban J connectivity index is 1.50. The standard InChI is InChI=1S/C16H19ClN4O3S3/c1-27(23,24)21-8-6-11(7-9-21)14(22)18-15-19-20-16(26-15)25-10-12-4-2-3-5-13(12)17/h2-5,11H,6-10H2,1H3,(H,18,19,22). The number of aromatic nitrogens is 2. The Kier molecular flexibility index (Phi) is 6.74. The molecule has 0 spiro atoms. The van der Waals surface area contributed by atoms with Gasteiger partial charge in [0.05, 0.1) is 6.26 Å². The summed E-state index contributed by atoms with van der Waals surface area (Å²) in [4.78, 5) is 12.4. The quantitative estimate of drug-likeness (QED) is 0.541. The van der Waals surface area contributed by atoms with E-state index in [-0.39, 0.29) is 11.8 Å². The van der Waals surface area contributed by atoms with Crippen molar-refractivity contribution in [3.63, 3.8) is 0 Å². The first kappa shape index (κ1) is 20.5. The number of sulfonamides is 1. The highest BCUT2D eigenvalue weighted by Crippen LogP contribution is 2.31. The molecular formula is C16H19ClN4O3S3. The smallest absolute Gasteiger partial charge is 0.229 e. The Morgan fingerprint density at radius 2 is 2.04 bits per heavy atom. The molecule has 1 fully saturated rings. The van der Waals surface area contributed by atoms with Gasteiger partial charge in [0, 0.05) is 29.8 Å². The maximum atomic E-state index is 12.4. The second kappa shape index (κ2) is 8.87. The lowest BCUT2D eigenvalue weighted by atomic mass is 9.97. The van der Waals surface area contributed by atoms with Crippen molar-refractivity contribution in [1.82, 2.24) is 14.5 Å². The number of halogens is 1. The van der Waals surface area contributed by atoms with E-state index in [1.807, 2.05) is 24.3 Å². The first-order chi connectivity index (χ1) is 12.8. The largest absolute Gasteiger partial charge is 0.300 e. The molecule has 1 aromatic carbocycles. The number of nitrogens with one attached hydrogen (secondary N) is 1. The number of amides is 1. The molecule has 1 saturated heterocycles. The number of hydrogen-bond donors (Lipinski definition) is 1. The predicted octanol–water partition coefficient (Wildman–Crippen LogP) is 3.09. The average Bonchev–Trinajstić information content (AvgIpc) is 3.08. The van der Waals surface area contributed by atoms with Gasteiger partial charge in [-0.25, -0.2) is 12.7 Å². The summed E-state index contributed by atoms with van der Waals surface area (Å²) in [7, 11) is -3.19. The molecule has 0 saturated carbocycles. The molecule has 0 unspecified atom stereocenters. The van der Waals surface area contributed by atoms with Crippen molar-refractivity contribution in [3.05, 3.63) is 34.9 Å². The molecule has 3 rings (SSSR count). The second-order valence-electron chi connectivity index (χ2n) is 6.18. The highest BCUT2D eigenvalue weighted by atomic mass is 35.5. The zero-order valence-corrected chi connectivity index (χ0v) is 17.8. The van der Waals surface area contributed by atoms with Crippen LogP contribution in [0.25, 0.3) is 0 Å². The summed E-state index contributed by atoms with van der Waals surface area (Å²) in [5.74, 6) is 0.319. The van der Waals surface area contributed by atoms with Crippen molar-refractivity contribution >= 4 is 55.8 Å². The molecule has 0 atom stereocenters. The van der Waals surface area contributed by atoms with Gasteiger partial charge >= 0.3 is 0 Å². The molecule has 1 aliphatic heterocycles. The van der Waals surface area contributed by atoms with Crippen LogP contribution < -0.4 is 5.32 Å². The lowest BCUT2D eigenvalue weighted by Crippen LogP contribution is -2.40. The van der Waals surface area contributed by atoms with Crippen LogP contribution in [0, 0.1) is 5.92 Å². The number of rotatable bonds is 6. The molecule has 2 heterocycles. The zero-order chi connectivity index (χ0) is 19.4. The maximum absolute atomic E-state index is 12.4. The maximum Gasteiger partial charge on any atom is 0.229 e. The van der Waals surface area contributed by atoms with E-state index in [0.29, 0.717) is 41.8 Å². The Morgan fingerprint density at radius 1 is 1.33 bits per heavy atom. The SMILES string of the molecule is CS(=O)(=O)N1CCC(C(=O)Nc2nnc(SCc3ccccc3Cl)s2)CC1. The average molecular weight is 447 g/mol. The van der Waals surface area contributed by atoms with Crippen LogP contribution in [0.1, 0.15) is 18.4 Å². The molecule has 11 heteroatoms. The number of anilines is 1. The molecule has 27 heavy (non-hydrogen) atoms. The van der Waals surface area contributed by atoms with Gasteiger partial charge in [-0.1, -0.05) is 52.9 Å². The van der Waals surface area contributed by atoms with Crippen LogP contribution in [-0.2, 0) is 20.6 Å². The molecule has 1 aromatic heterocycles. The van der Waals surface area contributed by atoms with Crippen molar-refractivity contribution in [3.8, 4) is 0 Å². The molecule has 1 aliphatic rings. The van der Waals surface area contributed by atoms with Crippen LogP contribution in [0.3, 0.4) is 0 Å². The highest BCUT2D eigenvalue weighted by Gasteiger charge is 2.29. The molecule has 0 aliphatic carbocycles. The van der Waals surface area contributed by atoms with Gasteiger partial charge in [-0.05, 0) is 24.5 Å². The van der Waals surface area contributed by atoms with E-state index in [9.17, 15) is 13.2 Å². The van der Waals surface area contributed by atoms with Crippen LogP contribution in [-0.4, -0.2) is 48.2 Å². The molecule has 2 aromatic rings. The monoisotopic (exact) mass is 446 g/mol. The topological polar surface area (TPSA) is 92.3 Å². The van der Waals surface area contributed by atoms with Crippen molar-refractivity contribution in [1.29, 1.82) is 0 Å². The molecule has 1 amide bonds. The van der Waals surface area contributed by atoms with Gasteiger partial charge in [-0.2, -0.15) is 0 Å². The molecule has 7 nitrogen and oxygen atoms in total. The first-order valence-corrected chi connectivity index (χ1v) is 12.3. The summed E-state index contributed by atoms with van der Waals surface area (Å²) in [6.45, 7) is 0.734. The highest BCUT2D eigenvalue weighted by molar-refractivity contribution is 8.00. The Hall–Kier alpha value is -1.20. The fourth-order valence-electron chi connectivity index (χ4n) is 2.73. The number of carbonyl (C=O) groups excluding carboxylic acids is 1. The molecule has 146 valence electrons. The van der Waals surface area contributed by atoms with Crippen LogP contribution in [0.15, 0.2) is 28.6 Å². The summed E-state index contributed by atoms with van der Waals surface area (Å²) >= 11 is 8.97. The second-order valence-corrected chi connectivity index (χ2v) is 10.8. The first-order valence-electron chi connectivity index (χ1n) is 8.28. The van der Waals surface area contributed by atoms with Crippen LogP contribution in [0.5, 0.6) is 0 Å².